The van der Waals surface area contributed by atoms with Crippen LogP contribution in [0.5, 0.6) is 5.75 Å². The number of hydrogen-bond donors (Lipinski definition) is 2. The molecule has 0 unspecified atom stereocenters. The molecule has 0 aromatic heterocycles. The molecule has 0 bridgehead atoms. The van der Waals surface area contributed by atoms with Gasteiger partial charge in [0.25, 0.3) is 5.91 Å². The van der Waals surface area contributed by atoms with E-state index in [-0.39, 0.29) is 15.8 Å². The molecule has 0 aliphatic rings. The number of phenolic OH excluding ortho intramolecular Hbond substituents is 1. The highest BCUT2D eigenvalue weighted by Gasteiger charge is 2.14. The topological polar surface area (TPSA) is 49.3 Å². The molecule has 2 aromatic carbocycles. The third kappa shape index (κ3) is 3.11. The van der Waals surface area contributed by atoms with E-state index in [1.807, 2.05) is 0 Å². The fourth-order valence-electron chi connectivity index (χ4n) is 1.66. The first-order valence-electron chi connectivity index (χ1n) is 5.64. The number of benzene rings is 2. The first-order chi connectivity index (χ1) is 9.38. The molecule has 2 rings (SSSR count). The number of carbonyl (C=O) groups excluding carboxylic acids is 1. The van der Waals surface area contributed by atoms with Gasteiger partial charge in [-0.15, -0.1) is 0 Å². The van der Waals surface area contributed by atoms with Crippen molar-refractivity contribution in [1.29, 1.82) is 0 Å². The minimum atomic E-state index is -0.522. The maximum atomic E-state index is 13.3. The van der Waals surface area contributed by atoms with E-state index in [0.717, 1.165) is 0 Å². The SMILES string of the molecule is Cc1cc(F)c(Br)cc1NC(=O)c1cc(Cl)ccc1O. The van der Waals surface area contributed by atoms with Crippen molar-refractivity contribution >= 4 is 39.1 Å². The van der Waals surface area contributed by atoms with Gasteiger partial charge in [0, 0.05) is 10.7 Å². The van der Waals surface area contributed by atoms with Crippen LogP contribution in [0.1, 0.15) is 15.9 Å². The lowest BCUT2D eigenvalue weighted by Gasteiger charge is -2.10. The summed E-state index contributed by atoms with van der Waals surface area (Å²) in [6.07, 6.45) is 0. The fraction of sp³-hybridized carbons (Fsp3) is 0.0714. The van der Waals surface area contributed by atoms with E-state index >= 15 is 0 Å². The molecular formula is C14H10BrClFNO2. The molecule has 0 atom stereocenters. The number of rotatable bonds is 2. The fourth-order valence-corrected chi connectivity index (χ4v) is 2.18. The summed E-state index contributed by atoms with van der Waals surface area (Å²) < 4.78 is 13.6. The van der Waals surface area contributed by atoms with Crippen molar-refractivity contribution in [2.24, 2.45) is 0 Å². The van der Waals surface area contributed by atoms with E-state index < -0.39 is 11.7 Å². The van der Waals surface area contributed by atoms with E-state index in [2.05, 4.69) is 21.2 Å². The molecule has 6 heteroatoms. The van der Waals surface area contributed by atoms with Gasteiger partial charge in [0.15, 0.2) is 0 Å². The van der Waals surface area contributed by atoms with Gasteiger partial charge in [-0.1, -0.05) is 11.6 Å². The summed E-state index contributed by atoms with van der Waals surface area (Å²) in [6, 6.07) is 6.94. The second-order valence-corrected chi connectivity index (χ2v) is 5.49. The molecule has 3 nitrogen and oxygen atoms in total. The molecular weight excluding hydrogens is 349 g/mol. The Bertz CT molecular complexity index is 691. The molecule has 0 aliphatic heterocycles. The Morgan fingerprint density at radius 2 is 2.05 bits per heavy atom. The lowest BCUT2D eigenvalue weighted by Crippen LogP contribution is -2.13. The molecule has 0 fully saturated rings. The first kappa shape index (κ1) is 14.8. The molecule has 1 amide bonds. The lowest BCUT2D eigenvalue weighted by atomic mass is 10.1. The summed E-state index contributed by atoms with van der Waals surface area (Å²) in [4.78, 5) is 12.1. The molecule has 0 radical (unpaired) electrons. The Kier molecular flexibility index (Phi) is 4.30. The molecule has 0 spiro atoms. The molecule has 0 heterocycles. The molecule has 0 aliphatic carbocycles. The van der Waals surface area contributed by atoms with Crippen LogP contribution in [-0.2, 0) is 0 Å². The van der Waals surface area contributed by atoms with Crippen LogP contribution in [0.3, 0.4) is 0 Å². The molecule has 0 saturated carbocycles. The molecule has 0 saturated heterocycles. The predicted octanol–water partition coefficient (Wildman–Crippen LogP) is 4.51. The Labute approximate surface area is 128 Å². The highest BCUT2D eigenvalue weighted by molar-refractivity contribution is 9.10. The van der Waals surface area contributed by atoms with Crippen molar-refractivity contribution in [2.75, 3.05) is 5.32 Å². The Balaban J connectivity index is 2.32. The average molecular weight is 359 g/mol. The number of hydrogen-bond acceptors (Lipinski definition) is 2. The summed E-state index contributed by atoms with van der Waals surface area (Å²) in [5.74, 6) is -1.11. The van der Waals surface area contributed by atoms with Crippen molar-refractivity contribution in [3.63, 3.8) is 0 Å². The van der Waals surface area contributed by atoms with Crippen LogP contribution in [0.4, 0.5) is 10.1 Å². The number of amides is 1. The van der Waals surface area contributed by atoms with Gasteiger partial charge in [-0.2, -0.15) is 0 Å². The minimum Gasteiger partial charge on any atom is -0.507 e. The monoisotopic (exact) mass is 357 g/mol. The zero-order chi connectivity index (χ0) is 14.9. The van der Waals surface area contributed by atoms with Crippen molar-refractivity contribution in [1.82, 2.24) is 0 Å². The van der Waals surface area contributed by atoms with Crippen LogP contribution in [0, 0.1) is 12.7 Å². The summed E-state index contributed by atoms with van der Waals surface area (Å²) in [5, 5.41) is 12.6. The average Bonchev–Trinajstić information content (AvgIpc) is 2.38. The largest absolute Gasteiger partial charge is 0.507 e. The van der Waals surface area contributed by atoms with Gasteiger partial charge in [-0.25, -0.2) is 4.39 Å². The Morgan fingerprint density at radius 3 is 2.75 bits per heavy atom. The Morgan fingerprint density at radius 1 is 1.35 bits per heavy atom. The number of phenols is 1. The van der Waals surface area contributed by atoms with Gasteiger partial charge in [-0.05, 0) is 58.7 Å². The van der Waals surface area contributed by atoms with Gasteiger partial charge in [0.05, 0.1) is 10.0 Å². The normalized spacial score (nSPS) is 10.4. The number of nitrogens with one attached hydrogen (secondary N) is 1. The summed E-state index contributed by atoms with van der Waals surface area (Å²) in [6.45, 7) is 1.67. The molecule has 104 valence electrons. The van der Waals surface area contributed by atoms with Crippen LogP contribution in [0.2, 0.25) is 5.02 Å². The maximum Gasteiger partial charge on any atom is 0.259 e. The van der Waals surface area contributed by atoms with E-state index in [0.29, 0.717) is 16.3 Å². The highest BCUT2D eigenvalue weighted by Crippen LogP contribution is 2.26. The van der Waals surface area contributed by atoms with Crippen LogP contribution < -0.4 is 5.32 Å². The second-order valence-electron chi connectivity index (χ2n) is 4.20. The minimum absolute atomic E-state index is 0.0531. The van der Waals surface area contributed by atoms with Crippen molar-refractivity contribution in [2.45, 2.75) is 6.92 Å². The van der Waals surface area contributed by atoms with Gasteiger partial charge < -0.3 is 10.4 Å². The number of halogens is 3. The number of anilines is 1. The first-order valence-corrected chi connectivity index (χ1v) is 6.81. The van der Waals surface area contributed by atoms with E-state index in [1.165, 1.54) is 30.3 Å². The zero-order valence-electron chi connectivity index (χ0n) is 10.4. The standard InChI is InChI=1S/C14H10BrClFNO2/c1-7-4-11(17)10(15)6-12(7)18-14(20)9-5-8(16)2-3-13(9)19/h2-6,19H,1H3,(H,18,20). The van der Waals surface area contributed by atoms with Crippen LogP contribution in [0.15, 0.2) is 34.8 Å². The summed E-state index contributed by atoms with van der Waals surface area (Å²) >= 11 is 8.85. The van der Waals surface area contributed by atoms with Gasteiger partial charge in [-0.3, -0.25) is 4.79 Å². The van der Waals surface area contributed by atoms with Crippen molar-refractivity contribution < 1.29 is 14.3 Å². The summed E-state index contributed by atoms with van der Waals surface area (Å²) in [7, 11) is 0. The lowest BCUT2D eigenvalue weighted by molar-refractivity contribution is 0.102. The van der Waals surface area contributed by atoms with Gasteiger partial charge >= 0.3 is 0 Å². The van der Waals surface area contributed by atoms with Crippen LogP contribution in [0.25, 0.3) is 0 Å². The number of aryl methyl sites for hydroxylation is 1. The van der Waals surface area contributed by atoms with Crippen LogP contribution in [-0.4, -0.2) is 11.0 Å². The zero-order valence-corrected chi connectivity index (χ0v) is 12.7. The smallest absolute Gasteiger partial charge is 0.259 e. The quantitative estimate of drug-likeness (QED) is 0.830. The molecule has 2 N–H and O–H groups in total. The van der Waals surface area contributed by atoms with Crippen molar-refractivity contribution in [3.05, 3.63) is 56.8 Å². The van der Waals surface area contributed by atoms with Gasteiger partial charge in [0.1, 0.15) is 11.6 Å². The summed E-state index contributed by atoms with van der Waals surface area (Å²) in [5.41, 5.74) is 1.07. The second kappa shape index (κ2) is 5.81. The van der Waals surface area contributed by atoms with E-state index in [9.17, 15) is 14.3 Å². The number of aromatic hydroxyl groups is 1. The van der Waals surface area contributed by atoms with E-state index in [1.54, 1.807) is 6.92 Å². The van der Waals surface area contributed by atoms with E-state index in [4.69, 9.17) is 11.6 Å². The highest BCUT2D eigenvalue weighted by atomic mass is 79.9. The van der Waals surface area contributed by atoms with Crippen LogP contribution >= 0.6 is 27.5 Å². The van der Waals surface area contributed by atoms with Crippen molar-refractivity contribution in [3.8, 4) is 5.75 Å². The third-order valence-electron chi connectivity index (χ3n) is 2.72. The third-order valence-corrected chi connectivity index (χ3v) is 3.56. The number of carbonyl (C=O) groups is 1. The molecule has 20 heavy (non-hydrogen) atoms. The van der Waals surface area contributed by atoms with Gasteiger partial charge in [0.2, 0.25) is 0 Å². The molecule has 2 aromatic rings. The Hall–Kier alpha value is -1.59. The maximum absolute atomic E-state index is 13.3. The predicted molar refractivity (Wildman–Crippen MR) is 79.9 cm³/mol.